The number of rotatable bonds is 11. The third-order valence-electron chi connectivity index (χ3n) is 3.14. The maximum absolute atomic E-state index is 5.89. The van der Waals surface area contributed by atoms with Crippen LogP contribution in [0, 0.1) is 5.92 Å². The normalized spacial score (nSPS) is 10.9. The molecule has 0 saturated carbocycles. The molecule has 0 amide bonds. The van der Waals surface area contributed by atoms with Gasteiger partial charge in [-0.15, -0.1) is 0 Å². The lowest BCUT2D eigenvalue weighted by atomic mass is 10.1. The Morgan fingerprint density at radius 1 is 1.10 bits per heavy atom. The second-order valence-corrected chi connectivity index (χ2v) is 5.55. The van der Waals surface area contributed by atoms with Crippen molar-refractivity contribution in [1.82, 2.24) is 5.32 Å². The third kappa shape index (κ3) is 7.34. The van der Waals surface area contributed by atoms with Gasteiger partial charge < -0.3 is 19.5 Å². The van der Waals surface area contributed by atoms with E-state index < -0.39 is 0 Å². The molecule has 0 unspecified atom stereocenters. The van der Waals surface area contributed by atoms with Gasteiger partial charge in [-0.3, -0.25) is 0 Å². The van der Waals surface area contributed by atoms with Crippen LogP contribution in [0.1, 0.15) is 32.3 Å². The molecule has 1 N–H and O–H groups in total. The zero-order chi connectivity index (χ0) is 15.5. The number of benzene rings is 1. The molecule has 0 aliphatic carbocycles. The van der Waals surface area contributed by atoms with Crippen LogP contribution < -0.4 is 14.8 Å². The molecule has 120 valence electrons. The minimum Gasteiger partial charge on any atom is -0.497 e. The molecule has 0 atom stereocenters. The molecule has 0 fully saturated rings. The van der Waals surface area contributed by atoms with E-state index in [2.05, 4.69) is 19.2 Å². The number of methoxy groups -OCH3 is 2. The molecular weight excluding hydrogens is 266 g/mol. The summed E-state index contributed by atoms with van der Waals surface area (Å²) in [6.45, 7) is 7.69. The Kier molecular flexibility index (Phi) is 8.87. The van der Waals surface area contributed by atoms with Gasteiger partial charge in [0, 0.05) is 25.8 Å². The van der Waals surface area contributed by atoms with Crippen LogP contribution in [-0.2, 0) is 11.3 Å². The van der Waals surface area contributed by atoms with Crippen molar-refractivity contribution in [3.05, 3.63) is 23.8 Å². The molecule has 0 aliphatic rings. The first-order valence-corrected chi connectivity index (χ1v) is 7.66. The number of hydrogen-bond acceptors (Lipinski definition) is 4. The van der Waals surface area contributed by atoms with Crippen LogP contribution in [-0.4, -0.2) is 34.0 Å². The minimum absolute atomic E-state index is 0.633. The van der Waals surface area contributed by atoms with Gasteiger partial charge in [-0.05, 0) is 43.5 Å². The molecule has 1 rings (SSSR count). The highest BCUT2D eigenvalue weighted by molar-refractivity contribution is 5.40. The van der Waals surface area contributed by atoms with Gasteiger partial charge >= 0.3 is 0 Å². The molecule has 0 radical (unpaired) electrons. The Morgan fingerprint density at radius 3 is 2.52 bits per heavy atom. The van der Waals surface area contributed by atoms with Gasteiger partial charge in [0.2, 0.25) is 0 Å². The van der Waals surface area contributed by atoms with E-state index in [0.29, 0.717) is 12.5 Å². The van der Waals surface area contributed by atoms with Crippen molar-refractivity contribution in [3.8, 4) is 11.5 Å². The lowest BCUT2D eigenvalue weighted by Crippen LogP contribution is -2.19. The van der Waals surface area contributed by atoms with E-state index >= 15 is 0 Å². The first-order chi connectivity index (χ1) is 10.2. The van der Waals surface area contributed by atoms with Crippen molar-refractivity contribution in [1.29, 1.82) is 0 Å². The van der Waals surface area contributed by atoms with Gasteiger partial charge in [0.1, 0.15) is 11.5 Å². The van der Waals surface area contributed by atoms with Crippen molar-refractivity contribution in [2.75, 3.05) is 34.0 Å². The largest absolute Gasteiger partial charge is 0.497 e. The summed E-state index contributed by atoms with van der Waals surface area (Å²) in [6, 6.07) is 5.97. The van der Waals surface area contributed by atoms with Crippen LogP contribution in [0.5, 0.6) is 11.5 Å². The van der Waals surface area contributed by atoms with Crippen LogP contribution in [0.2, 0.25) is 0 Å². The summed E-state index contributed by atoms with van der Waals surface area (Å²) in [5, 5.41) is 3.45. The van der Waals surface area contributed by atoms with Crippen molar-refractivity contribution in [2.24, 2.45) is 5.92 Å². The fourth-order valence-electron chi connectivity index (χ4n) is 1.99. The zero-order valence-corrected chi connectivity index (χ0v) is 13.8. The third-order valence-corrected chi connectivity index (χ3v) is 3.14. The van der Waals surface area contributed by atoms with Crippen molar-refractivity contribution in [2.45, 2.75) is 33.2 Å². The van der Waals surface area contributed by atoms with E-state index in [1.54, 1.807) is 14.2 Å². The van der Waals surface area contributed by atoms with Crippen LogP contribution in [0.15, 0.2) is 18.2 Å². The van der Waals surface area contributed by atoms with Crippen LogP contribution in [0.3, 0.4) is 0 Å². The SMILES string of the molecule is COCCCCOc1ccc(OC)cc1CNCC(C)C. The second-order valence-electron chi connectivity index (χ2n) is 5.55. The van der Waals surface area contributed by atoms with E-state index in [1.807, 2.05) is 18.2 Å². The second kappa shape index (κ2) is 10.5. The first-order valence-electron chi connectivity index (χ1n) is 7.66. The molecule has 1 aromatic rings. The quantitative estimate of drug-likeness (QED) is 0.636. The van der Waals surface area contributed by atoms with Crippen molar-refractivity contribution < 1.29 is 14.2 Å². The first kappa shape index (κ1) is 17.8. The summed E-state index contributed by atoms with van der Waals surface area (Å²) < 4.78 is 16.2. The van der Waals surface area contributed by atoms with Crippen LogP contribution in [0.25, 0.3) is 0 Å². The molecule has 0 bridgehead atoms. The number of hydrogen-bond donors (Lipinski definition) is 1. The predicted octanol–water partition coefficient (Wildman–Crippen LogP) is 3.25. The molecular formula is C17H29NO3. The van der Waals surface area contributed by atoms with Gasteiger partial charge in [0.25, 0.3) is 0 Å². The number of unbranched alkanes of at least 4 members (excludes halogenated alkanes) is 1. The molecule has 0 aliphatic heterocycles. The van der Waals surface area contributed by atoms with E-state index in [-0.39, 0.29) is 0 Å². The fraction of sp³-hybridized carbons (Fsp3) is 0.647. The topological polar surface area (TPSA) is 39.7 Å². The standard InChI is InChI=1S/C17H29NO3/c1-14(2)12-18-13-15-11-16(20-4)7-8-17(15)21-10-6-5-9-19-3/h7-8,11,14,18H,5-6,9-10,12-13H2,1-4H3. The molecule has 1 aromatic carbocycles. The zero-order valence-electron chi connectivity index (χ0n) is 13.8. The molecule has 0 heterocycles. The molecule has 0 saturated heterocycles. The minimum atomic E-state index is 0.633. The highest BCUT2D eigenvalue weighted by Crippen LogP contribution is 2.24. The van der Waals surface area contributed by atoms with Gasteiger partial charge in [-0.1, -0.05) is 13.8 Å². The molecule has 21 heavy (non-hydrogen) atoms. The maximum atomic E-state index is 5.89. The summed E-state index contributed by atoms with van der Waals surface area (Å²) in [4.78, 5) is 0. The lowest BCUT2D eigenvalue weighted by Gasteiger charge is -2.14. The molecule has 0 spiro atoms. The summed E-state index contributed by atoms with van der Waals surface area (Å²) >= 11 is 0. The van der Waals surface area contributed by atoms with Crippen molar-refractivity contribution >= 4 is 0 Å². The van der Waals surface area contributed by atoms with Gasteiger partial charge in [-0.2, -0.15) is 0 Å². The summed E-state index contributed by atoms with van der Waals surface area (Å²) in [7, 11) is 3.41. The van der Waals surface area contributed by atoms with E-state index in [1.165, 1.54) is 0 Å². The Labute approximate surface area is 128 Å². The van der Waals surface area contributed by atoms with Crippen LogP contribution in [0.4, 0.5) is 0 Å². The number of nitrogens with one attached hydrogen (secondary N) is 1. The summed E-state index contributed by atoms with van der Waals surface area (Å²) in [6.07, 6.45) is 2.02. The van der Waals surface area contributed by atoms with E-state index in [4.69, 9.17) is 14.2 Å². The smallest absolute Gasteiger partial charge is 0.124 e. The maximum Gasteiger partial charge on any atom is 0.124 e. The predicted molar refractivity (Wildman–Crippen MR) is 86.1 cm³/mol. The average Bonchev–Trinajstić information content (AvgIpc) is 2.47. The van der Waals surface area contributed by atoms with Gasteiger partial charge in [0.15, 0.2) is 0 Å². The Hall–Kier alpha value is -1.26. The summed E-state index contributed by atoms with van der Waals surface area (Å²) in [5.41, 5.74) is 1.14. The monoisotopic (exact) mass is 295 g/mol. The Balaban J connectivity index is 2.54. The Morgan fingerprint density at radius 2 is 1.86 bits per heavy atom. The molecule has 4 heteroatoms. The lowest BCUT2D eigenvalue weighted by molar-refractivity contribution is 0.184. The molecule has 4 nitrogen and oxygen atoms in total. The van der Waals surface area contributed by atoms with E-state index in [9.17, 15) is 0 Å². The number of ether oxygens (including phenoxy) is 3. The van der Waals surface area contributed by atoms with Crippen molar-refractivity contribution in [3.63, 3.8) is 0 Å². The fourth-order valence-corrected chi connectivity index (χ4v) is 1.99. The highest BCUT2D eigenvalue weighted by Gasteiger charge is 2.06. The Bertz CT molecular complexity index is 394. The van der Waals surface area contributed by atoms with E-state index in [0.717, 1.165) is 49.6 Å². The van der Waals surface area contributed by atoms with Gasteiger partial charge in [-0.25, -0.2) is 0 Å². The van der Waals surface area contributed by atoms with Gasteiger partial charge in [0.05, 0.1) is 13.7 Å². The molecule has 0 aromatic heterocycles. The highest BCUT2D eigenvalue weighted by atomic mass is 16.5. The van der Waals surface area contributed by atoms with Crippen LogP contribution >= 0.6 is 0 Å². The summed E-state index contributed by atoms with van der Waals surface area (Å²) in [5.74, 6) is 2.43. The average molecular weight is 295 g/mol.